The summed E-state index contributed by atoms with van der Waals surface area (Å²) in [5, 5.41) is 45.3. The molecule has 2 aromatic heterocycles. The van der Waals surface area contributed by atoms with Gasteiger partial charge in [0.25, 0.3) is 0 Å². The Morgan fingerprint density at radius 3 is 2.04 bits per heavy atom. The van der Waals surface area contributed by atoms with Crippen LogP contribution in [0.4, 0.5) is 0 Å². The zero-order valence-electron chi connectivity index (χ0n) is 43.5. The number of nitrogens with two attached hydrogens (primary N) is 2. The second-order valence-corrected chi connectivity index (χ2v) is 19.1. The molecule has 0 spiro atoms. The first-order valence-corrected chi connectivity index (χ1v) is 26.0. The van der Waals surface area contributed by atoms with Gasteiger partial charge in [0.15, 0.2) is 11.9 Å². The van der Waals surface area contributed by atoms with Crippen LogP contribution < -0.4 is 64.6 Å². The standard InChI is InChI=1S/C53H71N17O8/c1-31(71)65-39(14-8-22-61-52(54)55)47(74)67-41-18-19-45(72)59-20-6-7-21-60-46(73)43(26-35-28-63-38-13-5-4-12-37(35)38)69-48(75)40(15-9-23-62-53(56)57)66-50(77)42(25-32-16-17-33-10-2-3-11-34(33)24-32)68-51(78)44(70-49(41)76)27-36-29-58-30-64-36/h2-5,10-13,16-17,24,28-30,39-44,63H,6-9,14-15,18-23,25-27H2,1H3,(H,58,64)(H,59,72)(H,60,73)(H,65,71)(H,66,77)(H,67,74)(H,68,78)(H,69,75)(H,70,76)(H4,54,55,61)(H4,56,57,62)/t39-,40+,41+,42-,43+,44+/m1/s1. The number of imidazole rings is 1. The van der Waals surface area contributed by atoms with Crippen molar-refractivity contribution < 1.29 is 38.4 Å². The van der Waals surface area contributed by atoms with E-state index in [-0.39, 0.29) is 95.9 Å². The van der Waals surface area contributed by atoms with E-state index in [9.17, 15) is 38.4 Å². The molecule has 3 heterocycles. The number of guanidine groups is 2. The second-order valence-electron chi connectivity index (χ2n) is 19.1. The number of rotatable bonds is 17. The van der Waals surface area contributed by atoms with Gasteiger partial charge in [-0.1, -0.05) is 60.7 Å². The van der Waals surface area contributed by atoms with E-state index in [1.807, 2.05) is 60.7 Å². The summed E-state index contributed by atoms with van der Waals surface area (Å²) < 4.78 is 0. The predicted molar refractivity (Wildman–Crippen MR) is 292 cm³/mol. The van der Waals surface area contributed by atoms with Crippen LogP contribution in [0, 0.1) is 10.8 Å². The summed E-state index contributed by atoms with van der Waals surface area (Å²) in [6.07, 6.45) is 5.37. The third-order valence-electron chi connectivity index (χ3n) is 13.0. The van der Waals surface area contributed by atoms with Crippen molar-refractivity contribution >= 4 is 80.9 Å². The highest BCUT2D eigenvalue weighted by molar-refractivity contribution is 5.98. The molecule has 0 radical (unpaired) electrons. The molecule has 8 amide bonds. The molecule has 78 heavy (non-hydrogen) atoms. The third kappa shape index (κ3) is 18.4. The summed E-state index contributed by atoms with van der Waals surface area (Å²) in [7, 11) is 0. The van der Waals surface area contributed by atoms with Crippen LogP contribution in [0.15, 0.2) is 85.5 Å². The molecule has 1 fully saturated rings. The smallest absolute Gasteiger partial charge is 0.243 e. The number of nitrogens with zero attached hydrogens (tertiary/aromatic N) is 1. The first-order valence-electron chi connectivity index (χ1n) is 26.0. The first kappa shape index (κ1) is 58.2. The van der Waals surface area contributed by atoms with E-state index in [4.69, 9.17) is 22.3 Å². The van der Waals surface area contributed by atoms with Crippen LogP contribution in [0.25, 0.3) is 21.7 Å². The molecule has 416 valence electrons. The average molecular weight is 1070 g/mol. The first-order chi connectivity index (χ1) is 37.5. The number of H-pyrrole nitrogens is 2. The van der Waals surface area contributed by atoms with E-state index in [2.05, 4.69) is 68.1 Å². The third-order valence-corrected chi connectivity index (χ3v) is 13.0. The van der Waals surface area contributed by atoms with Crippen molar-refractivity contribution in [2.24, 2.45) is 11.5 Å². The summed E-state index contributed by atoms with van der Waals surface area (Å²) in [5.41, 5.74) is 13.5. The van der Waals surface area contributed by atoms with Gasteiger partial charge in [0.1, 0.15) is 36.3 Å². The van der Waals surface area contributed by atoms with E-state index in [1.165, 1.54) is 19.4 Å². The zero-order chi connectivity index (χ0) is 56.0. The van der Waals surface area contributed by atoms with Crippen LogP contribution in [-0.4, -0.2) is 137 Å². The number of aromatic nitrogens is 3. The van der Waals surface area contributed by atoms with Crippen molar-refractivity contribution in [3.63, 3.8) is 0 Å². The fraction of sp³-hybridized carbons (Fsp3) is 0.415. The number of aromatic amines is 2. The zero-order valence-corrected chi connectivity index (χ0v) is 43.5. The minimum atomic E-state index is -1.45. The number of hydrogen-bond donors (Lipinski definition) is 16. The molecule has 0 unspecified atom stereocenters. The van der Waals surface area contributed by atoms with E-state index in [0.717, 1.165) is 27.2 Å². The molecule has 18 N–H and O–H groups in total. The topological polar surface area (TPSA) is 401 Å². The molecule has 0 aliphatic carbocycles. The van der Waals surface area contributed by atoms with E-state index in [0.29, 0.717) is 24.1 Å². The highest BCUT2D eigenvalue weighted by Gasteiger charge is 2.34. The number of carbonyl (C=O) groups is 8. The number of amides is 8. The van der Waals surface area contributed by atoms with Gasteiger partial charge in [-0.15, -0.1) is 0 Å². The summed E-state index contributed by atoms with van der Waals surface area (Å²) in [6, 6.07) is 12.8. The van der Waals surface area contributed by atoms with Gasteiger partial charge in [-0.05, 0) is 72.9 Å². The van der Waals surface area contributed by atoms with Crippen LogP contribution in [0.2, 0.25) is 0 Å². The molecule has 1 saturated heterocycles. The monoisotopic (exact) mass is 1070 g/mol. The summed E-state index contributed by atoms with van der Waals surface area (Å²) in [5.74, 6) is -6.02. The van der Waals surface area contributed by atoms with Crippen molar-refractivity contribution in [3.8, 4) is 0 Å². The Balaban J connectivity index is 1.36. The SMILES string of the molecule is CC(=O)N[C@H](CCCNC(=N)N)C(=O)N[C@H]1CCC(=O)NCCCCNC(=O)[C@H](Cc2c[nH]c3ccccc23)NC(=O)[C@H](CCCNC(=N)N)NC(=O)[C@@H](Cc2ccc3ccccc3c2)NC(=O)[C@H](Cc2c[nH]cn2)NC1=O. The fourth-order valence-corrected chi connectivity index (χ4v) is 9.01. The Morgan fingerprint density at radius 1 is 0.705 bits per heavy atom. The lowest BCUT2D eigenvalue weighted by molar-refractivity contribution is -0.135. The molecule has 5 aromatic rings. The maximum atomic E-state index is 14.9. The molecular weight excluding hydrogens is 1000 g/mol. The number of hydrogen-bond acceptors (Lipinski definition) is 11. The molecule has 1 aliphatic rings. The van der Waals surface area contributed by atoms with Crippen LogP contribution in [0.5, 0.6) is 0 Å². The lowest BCUT2D eigenvalue weighted by Crippen LogP contribution is -2.60. The predicted octanol–water partition coefficient (Wildman–Crippen LogP) is -0.666. The molecule has 3 aromatic carbocycles. The highest BCUT2D eigenvalue weighted by Crippen LogP contribution is 2.21. The van der Waals surface area contributed by atoms with E-state index < -0.39 is 83.5 Å². The van der Waals surface area contributed by atoms with Crippen LogP contribution in [0.1, 0.15) is 75.1 Å². The van der Waals surface area contributed by atoms with Gasteiger partial charge in [0.05, 0.1) is 12.0 Å². The summed E-state index contributed by atoms with van der Waals surface area (Å²) in [4.78, 5) is 123. The minimum absolute atomic E-state index is 0.00465. The number of para-hydroxylation sites is 1. The molecular formula is C53H71N17O8. The lowest BCUT2D eigenvalue weighted by Gasteiger charge is -2.28. The summed E-state index contributed by atoms with van der Waals surface area (Å²) in [6.45, 7) is 1.96. The lowest BCUT2D eigenvalue weighted by atomic mass is 9.99. The van der Waals surface area contributed by atoms with Crippen LogP contribution in [-0.2, 0) is 57.6 Å². The minimum Gasteiger partial charge on any atom is -0.370 e. The molecule has 25 heteroatoms. The van der Waals surface area contributed by atoms with Crippen molar-refractivity contribution in [2.45, 2.75) is 114 Å². The number of carbonyl (C=O) groups excluding carboxylic acids is 8. The Morgan fingerprint density at radius 2 is 1.33 bits per heavy atom. The Bertz CT molecular complexity index is 2910. The van der Waals surface area contributed by atoms with Gasteiger partial charge in [0, 0.05) is 82.1 Å². The van der Waals surface area contributed by atoms with Gasteiger partial charge in [-0.25, -0.2) is 4.98 Å². The van der Waals surface area contributed by atoms with Gasteiger partial charge < -0.3 is 74.6 Å². The van der Waals surface area contributed by atoms with Gasteiger partial charge in [-0.3, -0.25) is 49.2 Å². The molecule has 0 bridgehead atoms. The second kappa shape index (κ2) is 29.3. The number of nitrogens with one attached hydrogen (secondary N) is 14. The van der Waals surface area contributed by atoms with Gasteiger partial charge >= 0.3 is 0 Å². The van der Waals surface area contributed by atoms with Gasteiger partial charge in [-0.2, -0.15) is 0 Å². The van der Waals surface area contributed by atoms with E-state index >= 15 is 0 Å². The number of benzene rings is 3. The Hall–Kier alpha value is -9.03. The van der Waals surface area contributed by atoms with Crippen LogP contribution in [0.3, 0.4) is 0 Å². The Kier molecular flexibility index (Phi) is 21.9. The molecule has 25 nitrogen and oxygen atoms in total. The van der Waals surface area contributed by atoms with Crippen LogP contribution >= 0.6 is 0 Å². The van der Waals surface area contributed by atoms with Crippen molar-refractivity contribution in [1.82, 2.24) is 68.1 Å². The quantitative estimate of drug-likeness (QED) is 0.0313. The Labute approximate surface area is 450 Å². The van der Waals surface area contributed by atoms with Gasteiger partial charge in [0.2, 0.25) is 47.3 Å². The van der Waals surface area contributed by atoms with Crippen molar-refractivity contribution in [2.75, 3.05) is 26.2 Å². The summed E-state index contributed by atoms with van der Waals surface area (Å²) >= 11 is 0. The number of fused-ring (bicyclic) bond motifs is 2. The molecule has 6 rings (SSSR count). The molecule has 1 aliphatic heterocycles. The van der Waals surface area contributed by atoms with E-state index in [1.54, 1.807) is 12.3 Å². The fourth-order valence-electron chi connectivity index (χ4n) is 9.01. The molecule has 0 saturated carbocycles. The normalized spacial score (nSPS) is 19.9. The maximum absolute atomic E-state index is 14.9. The average Bonchev–Trinajstić information content (AvgIpc) is 4.12. The maximum Gasteiger partial charge on any atom is 0.243 e. The van der Waals surface area contributed by atoms with Crippen molar-refractivity contribution in [3.05, 3.63) is 102 Å². The van der Waals surface area contributed by atoms with Crippen molar-refractivity contribution in [1.29, 1.82) is 10.8 Å². The largest absolute Gasteiger partial charge is 0.370 e. The molecule has 6 atom stereocenters. The highest BCUT2D eigenvalue weighted by atomic mass is 16.2.